The van der Waals surface area contributed by atoms with Gasteiger partial charge in [-0.25, -0.2) is 9.97 Å². The zero-order valence-electron chi connectivity index (χ0n) is 8.36. The molecule has 2 aromatic heterocycles. The van der Waals surface area contributed by atoms with Gasteiger partial charge in [0.2, 0.25) is 0 Å². The quantitative estimate of drug-likeness (QED) is 0.755. The summed E-state index contributed by atoms with van der Waals surface area (Å²) in [4.78, 5) is 8.23. The van der Waals surface area contributed by atoms with Gasteiger partial charge >= 0.3 is 0 Å². The Bertz CT molecular complexity index is 554. The number of hydrogen-bond acceptors (Lipinski definition) is 4. The smallest absolute Gasteiger partial charge is 0.141 e. The average molecular weight is 198 g/mol. The number of hydrogen-bond donors (Lipinski definition) is 1. The molecule has 0 radical (unpaired) electrons. The molecule has 0 atom stereocenters. The molecule has 0 fully saturated rings. The lowest BCUT2D eigenvalue weighted by Crippen LogP contribution is -1.96. The van der Waals surface area contributed by atoms with E-state index >= 15 is 0 Å². The van der Waals surface area contributed by atoms with Crippen molar-refractivity contribution in [3.8, 4) is 6.07 Å². The maximum Gasteiger partial charge on any atom is 0.141 e. The standard InChI is InChI=1S/C11H10N4/c1-2-10-9-4-11(13)14-6-7(9)3-8(5-12)15-10/h3-4,6H,2H2,1H3,(H2,13,14). The SMILES string of the molecule is CCc1nc(C#N)cc2cnc(N)cc12. The third-order valence-electron chi connectivity index (χ3n) is 2.26. The molecule has 0 aliphatic heterocycles. The van der Waals surface area contributed by atoms with Gasteiger partial charge in [-0.1, -0.05) is 6.92 Å². The molecule has 74 valence electrons. The Morgan fingerprint density at radius 2 is 2.27 bits per heavy atom. The predicted octanol–water partition coefficient (Wildman–Crippen LogP) is 1.65. The van der Waals surface area contributed by atoms with Crippen LogP contribution in [0.4, 0.5) is 5.82 Å². The summed E-state index contributed by atoms with van der Waals surface area (Å²) in [7, 11) is 0. The molecule has 0 spiro atoms. The summed E-state index contributed by atoms with van der Waals surface area (Å²) in [6.07, 6.45) is 2.45. The van der Waals surface area contributed by atoms with Gasteiger partial charge in [0, 0.05) is 22.7 Å². The number of nitriles is 1. The summed E-state index contributed by atoms with van der Waals surface area (Å²) < 4.78 is 0. The lowest BCUT2D eigenvalue weighted by Gasteiger charge is -2.04. The molecule has 4 nitrogen and oxygen atoms in total. The van der Waals surface area contributed by atoms with E-state index in [4.69, 9.17) is 11.0 Å². The summed E-state index contributed by atoms with van der Waals surface area (Å²) in [6, 6.07) is 5.56. The van der Waals surface area contributed by atoms with Gasteiger partial charge in [-0.2, -0.15) is 5.26 Å². The number of nitrogens with two attached hydrogens (primary N) is 1. The van der Waals surface area contributed by atoms with Gasteiger partial charge < -0.3 is 5.73 Å². The molecular weight excluding hydrogens is 188 g/mol. The first kappa shape index (κ1) is 9.41. The molecule has 2 heterocycles. The Kier molecular flexibility index (Phi) is 2.22. The number of nitrogen functional groups attached to an aromatic ring is 1. The number of aromatic nitrogens is 2. The highest BCUT2D eigenvalue weighted by Crippen LogP contribution is 2.19. The van der Waals surface area contributed by atoms with Crippen molar-refractivity contribution in [2.75, 3.05) is 5.73 Å². The molecule has 0 aliphatic carbocycles. The normalized spacial score (nSPS) is 10.1. The average Bonchev–Trinajstić information content (AvgIpc) is 2.27. The minimum Gasteiger partial charge on any atom is -0.384 e. The second-order valence-electron chi connectivity index (χ2n) is 3.25. The van der Waals surface area contributed by atoms with E-state index in [9.17, 15) is 0 Å². The molecule has 0 aliphatic rings. The van der Waals surface area contributed by atoms with Crippen LogP contribution in [0.5, 0.6) is 0 Å². The number of nitrogens with zero attached hydrogens (tertiary/aromatic N) is 3. The molecule has 2 rings (SSSR count). The van der Waals surface area contributed by atoms with E-state index in [2.05, 4.69) is 9.97 Å². The number of fused-ring (bicyclic) bond motifs is 1. The van der Waals surface area contributed by atoms with Crippen LogP contribution in [-0.2, 0) is 6.42 Å². The predicted molar refractivity (Wildman–Crippen MR) is 58.0 cm³/mol. The van der Waals surface area contributed by atoms with Crippen molar-refractivity contribution < 1.29 is 0 Å². The van der Waals surface area contributed by atoms with E-state index in [-0.39, 0.29) is 0 Å². The van der Waals surface area contributed by atoms with Crippen LogP contribution < -0.4 is 5.73 Å². The van der Waals surface area contributed by atoms with Crippen molar-refractivity contribution >= 4 is 16.6 Å². The fourth-order valence-electron chi connectivity index (χ4n) is 1.56. The van der Waals surface area contributed by atoms with Crippen LogP contribution >= 0.6 is 0 Å². The van der Waals surface area contributed by atoms with Crippen molar-refractivity contribution in [1.82, 2.24) is 9.97 Å². The topological polar surface area (TPSA) is 75.6 Å². The van der Waals surface area contributed by atoms with E-state index in [0.29, 0.717) is 11.5 Å². The molecule has 0 unspecified atom stereocenters. The first-order valence-electron chi connectivity index (χ1n) is 4.70. The monoisotopic (exact) mass is 198 g/mol. The van der Waals surface area contributed by atoms with Gasteiger partial charge in [-0.15, -0.1) is 0 Å². The molecule has 0 saturated carbocycles. The van der Waals surface area contributed by atoms with Gasteiger partial charge in [0.15, 0.2) is 0 Å². The maximum absolute atomic E-state index is 8.81. The second kappa shape index (κ2) is 3.54. The van der Waals surface area contributed by atoms with Crippen LogP contribution in [0.2, 0.25) is 0 Å². The van der Waals surface area contributed by atoms with Gasteiger partial charge in [0.25, 0.3) is 0 Å². The lowest BCUT2D eigenvalue weighted by atomic mass is 10.1. The molecular formula is C11H10N4. The van der Waals surface area contributed by atoms with E-state index in [1.54, 1.807) is 18.3 Å². The first-order valence-corrected chi connectivity index (χ1v) is 4.70. The number of anilines is 1. The highest BCUT2D eigenvalue weighted by atomic mass is 14.8. The Balaban J connectivity index is 2.82. The molecule has 15 heavy (non-hydrogen) atoms. The molecule has 0 bridgehead atoms. The summed E-state index contributed by atoms with van der Waals surface area (Å²) in [5, 5.41) is 10.7. The minimum atomic E-state index is 0.422. The molecule has 0 aromatic carbocycles. The summed E-state index contributed by atoms with van der Waals surface area (Å²) >= 11 is 0. The van der Waals surface area contributed by atoms with Crippen molar-refractivity contribution in [3.63, 3.8) is 0 Å². The largest absolute Gasteiger partial charge is 0.384 e. The number of pyridine rings is 2. The van der Waals surface area contributed by atoms with Crippen molar-refractivity contribution in [1.29, 1.82) is 5.26 Å². The van der Waals surface area contributed by atoms with E-state index in [1.165, 1.54) is 0 Å². The van der Waals surface area contributed by atoms with Crippen molar-refractivity contribution in [2.45, 2.75) is 13.3 Å². The second-order valence-corrected chi connectivity index (χ2v) is 3.25. The van der Waals surface area contributed by atoms with Gasteiger partial charge in [-0.3, -0.25) is 0 Å². The molecule has 2 N–H and O–H groups in total. The van der Waals surface area contributed by atoms with E-state index in [1.807, 2.05) is 13.0 Å². The summed E-state index contributed by atoms with van der Waals surface area (Å²) in [6.45, 7) is 2.00. The van der Waals surface area contributed by atoms with Crippen LogP contribution in [0.25, 0.3) is 10.8 Å². The van der Waals surface area contributed by atoms with Gasteiger partial charge in [-0.05, 0) is 18.6 Å². The van der Waals surface area contributed by atoms with Crippen molar-refractivity contribution in [3.05, 3.63) is 29.7 Å². The van der Waals surface area contributed by atoms with Gasteiger partial charge in [0.1, 0.15) is 17.6 Å². The van der Waals surface area contributed by atoms with Crippen LogP contribution in [-0.4, -0.2) is 9.97 Å². The molecule has 0 amide bonds. The van der Waals surface area contributed by atoms with E-state index in [0.717, 1.165) is 22.9 Å². The lowest BCUT2D eigenvalue weighted by molar-refractivity contribution is 1.04. The highest BCUT2D eigenvalue weighted by Gasteiger charge is 2.05. The van der Waals surface area contributed by atoms with Crippen LogP contribution in [0.15, 0.2) is 18.3 Å². The number of aryl methyl sites for hydroxylation is 1. The fourth-order valence-corrected chi connectivity index (χ4v) is 1.56. The van der Waals surface area contributed by atoms with Crippen LogP contribution in [0.3, 0.4) is 0 Å². The zero-order chi connectivity index (χ0) is 10.8. The number of rotatable bonds is 1. The summed E-state index contributed by atoms with van der Waals surface area (Å²) in [5.74, 6) is 0.476. The third kappa shape index (κ3) is 1.59. The van der Waals surface area contributed by atoms with Crippen LogP contribution in [0.1, 0.15) is 18.3 Å². The Morgan fingerprint density at radius 1 is 1.47 bits per heavy atom. The molecule has 0 saturated heterocycles. The summed E-state index contributed by atoms with van der Waals surface area (Å²) in [5.41, 5.74) is 6.92. The van der Waals surface area contributed by atoms with E-state index < -0.39 is 0 Å². The zero-order valence-corrected chi connectivity index (χ0v) is 8.36. The highest BCUT2D eigenvalue weighted by molar-refractivity contribution is 5.86. The first-order chi connectivity index (χ1) is 7.24. The fraction of sp³-hybridized carbons (Fsp3) is 0.182. The maximum atomic E-state index is 8.81. The molecule has 4 heteroatoms. The molecule has 2 aromatic rings. The van der Waals surface area contributed by atoms with Crippen LogP contribution in [0, 0.1) is 11.3 Å². The van der Waals surface area contributed by atoms with Crippen molar-refractivity contribution in [2.24, 2.45) is 0 Å². The Labute approximate surface area is 87.4 Å². The minimum absolute atomic E-state index is 0.422. The van der Waals surface area contributed by atoms with Gasteiger partial charge in [0.05, 0.1) is 0 Å². The Morgan fingerprint density at radius 3 is 2.93 bits per heavy atom. The Hall–Kier alpha value is -2.15. The third-order valence-corrected chi connectivity index (χ3v) is 2.26.